The molecule has 15 heavy (non-hydrogen) atoms. The van der Waals surface area contributed by atoms with Crippen molar-refractivity contribution in [1.82, 2.24) is 0 Å². The third-order valence-corrected chi connectivity index (χ3v) is 3.23. The second-order valence-corrected chi connectivity index (χ2v) is 4.59. The molecular weight excluding hydrogens is 188 g/mol. The molecular formula is C13H28O2. The Morgan fingerprint density at radius 2 is 1.33 bits per heavy atom. The Labute approximate surface area is 94.7 Å². The smallest absolute Gasteiger partial charge is 0.0565 e. The van der Waals surface area contributed by atoms with E-state index in [0.717, 1.165) is 31.6 Å². The van der Waals surface area contributed by atoms with Crippen LogP contribution in [0, 0.1) is 5.92 Å². The van der Waals surface area contributed by atoms with E-state index in [1.807, 2.05) is 0 Å². The van der Waals surface area contributed by atoms with Crippen LogP contribution in [0.2, 0.25) is 0 Å². The molecule has 0 spiro atoms. The van der Waals surface area contributed by atoms with E-state index in [9.17, 15) is 10.2 Å². The molecule has 2 nitrogen and oxygen atoms in total. The molecule has 92 valence electrons. The van der Waals surface area contributed by atoms with Crippen molar-refractivity contribution in [3.63, 3.8) is 0 Å². The molecule has 2 atom stereocenters. The van der Waals surface area contributed by atoms with Crippen molar-refractivity contribution in [3.05, 3.63) is 0 Å². The summed E-state index contributed by atoms with van der Waals surface area (Å²) < 4.78 is 0. The Balaban J connectivity index is 3.59. The molecule has 0 rings (SSSR count). The van der Waals surface area contributed by atoms with Gasteiger partial charge in [-0.1, -0.05) is 40.0 Å². The molecule has 0 aliphatic heterocycles. The zero-order valence-electron chi connectivity index (χ0n) is 10.6. The van der Waals surface area contributed by atoms with E-state index >= 15 is 0 Å². The van der Waals surface area contributed by atoms with E-state index in [0.29, 0.717) is 6.42 Å². The highest BCUT2D eigenvalue weighted by Crippen LogP contribution is 2.18. The molecule has 0 aromatic heterocycles. The number of aliphatic hydroxyl groups is 2. The summed E-state index contributed by atoms with van der Waals surface area (Å²) in [7, 11) is 0. The molecule has 0 saturated heterocycles. The van der Waals surface area contributed by atoms with Gasteiger partial charge in [0.15, 0.2) is 0 Å². The molecule has 0 fully saturated rings. The van der Waals surface area contributed by atoms with E-state index < -0.39 is 0 Å². The van der Waals surface area contributed by atoms with Gasteiger partial charge in [0, 0.05) is 0 Å². The van der Waals surface area contributed by atoms with Gasteiger partial charge in [-0.15, -0.1) is 0 Å². The lowest BCUT2D eigenvalue weighted by molar-refractivity contribution is 0.0666. The zero-order chi connectivity index (χ0) is 11.7. The fourth-order valence-electron chi connectivity index (χ4n) is 2.01. The van der Waals surface area contributed by atoms with E-state index in [-0.39, 0.29) is 12.2 Å². The predicted octanol–water partition coefficient (Wildman–Crippen LogP) is 3.11. The van der Waals surface area contributed by atoms with Crippen molar-refractivity contribution in [3.8, 4) is 0 Å². The molecule has 0 bridgehead atoms. The van der Waals surface area contributed by atoms with Gasteiger partial charge in [0.1, 0.15) is 0 Å². The van der Waals surface area contributed by atoms with Crippen LogP contribution in [0.15, 0.2) is 0 Å². The molecule has 0 aliphatic carbocycles. The predicted molar refractivity (Wildman–Crippen MR) is 64.8 cm³/mol. The Kier molecular flexibility index (Phi) is 9.12. The lowest BCUT2D eigenvalue weighted by atomic mass is 9.94. The van der Waals surface area contributed by atoms with Gasteiger partial charge in [0.05, 0.1) is 12.2 Å². The van der Waals surface area contributed by atoms with Crippen molar-refractivity contribution in [2.24, 2.45) is 5.92 Å². The molecule has 2 N–H and O–H groups in total. The fraction of sp³-hybridized carbons (Fsp3) is 1.00. The van der Waals surface area contributed by atoms with Gasteiger partial charge in [0.2, 0.25) is 0 Å². The summed E-state index contributed by atoms with van der Waals surface area (Å²) in [5.74, 6) is 0.739. The van der Waals surface area contributed by atoms with Gasteiger partial charge in [-0.3, -0.25) is 0 Å². The van der Waals surface area contributed by atoms with Gasteiger partial charge >= 0.3 is 0 Å². The van der Waals surface area contributed by atoms with E-state index in [4.69, 9.17) is 0 Å². The minimum absolute atomic E-state index is 0.313. The number of aliphatic hydroxyl groups excluding tert-OH is 2. The first-order valence-corrected chi connectivity index (χ1v) is 6.50. The molecule has 0 amide bonds. The number of rotatable bonds is 9. The van der Waals surface area contributed by atoms with Crippen molar-refractivity contribution in [2.75, 3.05) is 0 Å². The highest BCUT2D eigenvalue weighted by molar-refractivity contribution is 4.65. The Bertz CT molecular complexity index is 132. The van der Waals surface area contributed by atoms with Gasteiger partial charge in [-0.2, -0.15) is 0 Å². The van der Waals surface area contributed by atoms with E-state index in [2.05, 4.69) is 20.8 Å². The van der Waals surface area contributed by atoms with Gasteiger partial charge < -0.3 is 10.2 Å². The number of hydrogen-bond acceptors (Lipinski definition) is 2. The lowest BCUT2D eigenvalue weighted by Gasteiger charge is -2.18. The van der Waals surface area contributed by atoms with Crippen LogP contribution in [0.1, 0.15) is 65.7 Å². The molecule has 0 saturated carbocycles. The van der Waals surface area contributed by atoms with E-state index in [1.54, 1.807) is 0 Å². The summed E-state index contributed by atoms with van der Waals surface area (Å²) in [5.41, 5.74) is 0. The molecule has 0 aliphatic rings. The van der Waals surface area contributed by atoms with Crippen LogP contribution in [0.25, 0.3) is 0 Å². The largest absolute Gasteiger partial charge is 0.393 e. The van der Waals surface area contributed by atoms with Crippen molar-refractivity contribution in [1.29, 1.82) is 0 Å². The normalized spacial score (nSPS) is 15.6. The first kappa shape index (κ1) is 14.9. The monoisotopic (exact) mass is 216 g/mol. The van der Waals surface area contributed by atoms with Crippen LogP contribution in [0.5, 0.6) is 0 Å². The Morgan fingerprint density at radius 1 is 0.800 bits per heavy atom. The summed E-state index contributed by atoms with van der Waals surface area (Å²) in [5, 5.41) is 19.3. The third kappa shape index (κ3) is 7.80. The summed E-state index contributed by atoms with van der Waals surface area (Å²) in [6.45, 7) is 6.46. The third-order valence-electron chi connectivity index (χ3n) is 3.23. The van der Waals surface area contributed by atoms with Crippen molar-refractivity contribution in [2.45, 2.75) is 77.9 Å². The Morgan fingerprint density at radius 3 is 1.80 bits per heavy atom. The standard InChI is InChI=1S/C13H28O2/c1-4-7-12(14)10-13(15)9-8-11(5-2)6-3/h11-15H,4-10H2,1-3H3. The Hall–Kier alpha value is -0.0800. The van der Waals surface area contributed by atoms with Crippen LogP contribution in [0.4, 0.5) is 0 Å². The van der Waals surface area contributed by atoms with Crippen LogP contribution in [-0.4, -0.2) is 22.4 Å². The van der Waals surface area contributed by atoms with Crippen molar-refractivity contribution < 1.29 is 10.2 Å². The van der Waals surface area contributed by atoms with Gasteiger partial charge in [0.25, 0.3) is 0 Å². The summed E-state index contributed by atoms with van der Waals surface area (Å²) in [6, 6.07) is 0. The maximum absolute atomic E-state index is 9.73. The minimum Gasteiger partial charge on any atom is -0.393 e. The number of hydrogen-bond donors (Lipinski definition) is 2. The molecule has 0 radical (unpaired) electrons. The van der Waals surface area contributed by atoms with Crippen LogP contribution < -0.4 is 0 Å². The minimum atomic E-state index is -0.313. The van der Waals surface area contributed by atoms with Gasteiger partial charge in [-0.25, -0.2) is 0 Å². The second kappa shape index (κ2) is 9.17. The summed E-state index contributed by atoms with van der Waals surface area (Å²) >= 11 is 0. The topological polar surface area (TPSA) is 40.5 Å². The molecule has 0 heterocycles. The summed E-state index contributed by atoms with van der Waals surface area (Å²) in [4.78, 5) is 0. The SMILES string of the molecule is CCCC(O)CC(O)CCC(CC)CC. The zero-order valence-corrected chi connectivity index (χ0v) is 10.6. The molecule has 0 aromatic rings. The molecule has 2 unspecified atom stereocenters. The van der Waals surface area contributed by atoms with Crippen LogP contribution in [-0.2, 0) is 0 Å². The van der Waals surface area contributed by atoms with Gasteiger partial charge in [-0.05, 0) is 31.6 Å². The first-order valence-electron chi connectivity index (χ1n) is 6.50. The highest BCUT2D eigenvalue weighted by atomic mass is 16.3. The van der Waals surface area contributed by atoms with Crippen molar-refractivity contribution >= 4 is 0 Å². The summed E-state index contributed by atoms with van der Waals surface area (Å²) in [6.07, 6.45) is 6.04. The second-order valence-electron chi connectivity index (χ2n) is 4.59. The maximum Gasteiger partial charge on any atom is 0.0565 e. The van der Waals surface area contributed by atoms with E-state index in [1.165, 1.54) is 12.8 Å². The fourth-order valence-corrected chi connectivity index (χ4v) is 2.01. The van der Waals surface area contributed by atoms with Crippen LogP contribution >= 0.6 is 0 Å². The lowest BCUT2D eigenvalue weighted by Crippen LogP contribution is -2.18. The molecule has 0 aromatic carbocycles. The van der Waals surface area contributed by atoms with Crippen LogP contribution in [0.3, 0.4) is 0 Å². The average Bonchev–Trinajstić information content (AvgIpc) is 2.19. The molecule has 2 heteroatoms. The quantitative estimate of drug-likeness (QED) is 0.621. The first-order chi connectivity index (χ1) is 7.13. The maximum atomic E-state index is 9.73. The average molecular weight is 216 g/mol. The highest BCUT2D eigenvalue weighted by Gasteiger charge is 2.13.